The molecule has 3 aromatic rings. The Kier molecular flexibility index (Phi) is 5.43. The summed E-state index contributed by atoms with van der Waals surface area (Å²) in [5.74, 6) is 0.519. The van der Waals surface area contributed by atoms with Crippen molar-refractivity contribution in [2.75, 3.05) is 42.6 Å². The maximum absolute atomic E-state index is 11.7. The van der Waals surface area contributed by atoms with Gasteiger partial charge in [0.1, 0.15) is 11.5 Å². The molecule has 0 atom stereocenters. The first-order valence-electron chi connectivity index (χ1n) is 9.12. The summed E-state index contributed by atoms with van der Waals surface area (Å²) in [4.78, 5) is 24.9. The molecule has 28 heavy (non-hydrogen) atoms. The van der Waals surface area contributed by atoms with Gasteiger partial charge in [-0.15, -0.1) is 10.2 Å². The third kappa shape index (κ3) is 3.94. The van der Waals surface area contributed by atoms with Crippen molar-refractivity contribution in [3.8, 4) is 10.7 Å². The second-order valence-corrected chi connectivity index (χ2v) is 7.16. The summed E-state index contributed by atoms with van der Waals surface area (Å²) in [7, 11) is 0. The number of carbonyl (C=O) groups is 1. The number of ether oxygens (including phenoxy) is 1. The van der Waals surface area contributed by atoms with Crippen molar-refractivity contribution in [3.05, 3.63) is 48.3 Å². The lowest BCUT2D eigenvalue weighted by atomic mass is 10.2. The summed E-state index contributed by atoms with van der Waals surface area (Å²) < 4.78 is 4.99. The predicted octanol–water partition coefficient (Wildman–Crippen LogP) is 2.50. The molecule has 0 amide bonds. The lowest BCUT2D eigenvalue weighted by Gasteiger charge is -2.35. The molecular formula is C19H20N6O2S. The Bertz CT molecular complexity index is 923. The van der Waals surface area contributed by atoms with E-state index in [1.54, 1.807) is 36.7 Å². The van der Waals surface area contributed by atoms with Crippen LogP contribution in [0, 0.1) is 0 Å². The largest absolute Gasteiger partial charge is 0.462 e. The van der Waals surface area contributed by atoms with Crippen LogP contribution >= 0.6 is 11.3 Å². The molecule has 0 unspecified atom stereocenters. The summed E-state index contributed by atoms with van der Waals surface area (Å²) in [5.41, 5.74) is 1.32. The quantitative estimate of drug-likeness (QED) is 0.608. The fraction of sp³-hybridized carbons (Fsp3) is 0.316. The van der Waals surface area contributed by atoms with Crippen molar-refractivity contribution < 1.29 is 9.53 Å². The number of nitrogens with zero attached hydrogens (tertiary/aromatic N) is 6. The van der Waals surface area contributed by atoms with E-state index in [-0.39, 0.29) is 5.97 Å². The minimum atomic E-state index is -0.341. The van der Waals surface area contributed by atoms with Gasteiger partial charge < -0.3 is 14.5 Å². The zero-order chi connectivity index (χ0) is 19.3. The molecule has 1 aliphatic rings. The van der Waals surface area contributed by atoms with Gasteiger partial charge in [0.05, 0.1) is 12.2 Å². The number of carbonyl (C=O) groups excluding carboxylic acids is 1. The Morgan fingerprint density at radius 2 is 1.89 bits per heavy atom. The second-order valence-electron chi connectivity index (χ2n) is 6.20. The monoisotopic (exact) mass is 396 g/mol. The minimum Gasteiger partial charge on any atom is -0.462 e. The van der Waals surface area contributed by atoms with Crippen LogP contribution in [-0.2, 0) is 4.74 Å². The topological polar surface area (TPSA) is 84.3 Å². The Balaban J connectivity index is 1.37. The molecular weight excluding hydrogens is 376 g/mol. The number of esters is 1. The average Bonchev–Trinajstić information content (AvgIpc) is 3.25. The number of pyridine rings is 2. The summed E-state index contributed by atoms with van der Waals surface area (Å²) in [6, 6.07) is 9.40. The maximum atomic E-state index is 11.7. The zero-order valence-electron chi connectivity index (χ0n) is 15.5. The highest BCUT2D eigenvalue weighted by Gasteiger charge is 2.21. The molecule has 1 fully saturated rings. The van der Waals surface area contributed by atoms with E-state index in [1.807, 2.05) is 24.3 Å². The Hall–Kier alpha value is -3.07. The van der Waals surface area contributed by atoms with E-state index in [4.69, 9.17) is 4.74 Å². The summed E-state index contributed by atoms with van der Waals surface area (Å²) >= 11 is 1.55. The van der Waals surface area contributed by atoms with Crippen LogP contribution in [-0.4, -0.2) is 58.9 Å². The molecule has 0 aromatic carbocycles. The molecule has 9 heteroatoms. The van der Waals surface area contributed by atoms with Crippen molar-refractivity contribution in [1.82, 2.24) is 20.2 Å². The number of hydrogen-bond donors (Lipinski definition) is 0. The Morgan fingerprint density at radius 1 is 1.07 bits per heavy atom. The van der Waals surface area contributed by atoms with Crippen LogP contribution in [0.4, 0.5) is 10.9 Å². The Morgan fingerprint density at radius 3 is 2.57 bits per heavy atom. The van der Waals surface area contributed by atoms with E-state index < -0.39 is 0 Å². The maximum Gasteiger partial charge on any atom is 0.339 e. The van der Waals surface area contributed by atoms with Crippen molar-refractivity contribution in [2.24, 2.45) is 0 Å². The number of anilines is 2. The SMILES string of the molecule is CCOC(=O)c1ccc(N2CCN(c3nnc(-c4ccccn4)s3)CC2)nc1. The fourth-order valence-corrected chi connectivity index (χ4v) is 3.84. The minimum absolute atomic E-state index is 0.341. The molecule has 0 aliphatic carbocycles. The van der Waals surface area contributed by atoms with Crippen LogP contribution in [0.25, 0.3) is 10.7 Å². The van der Waals surface area contributed by atoms with Gasteiger partial charge in [-0.3, -0.25) is 4.98 Å². The van der Waals surface area contributed by atoms with E-state index in [9.17, 15) is 4.79 Å². The first kappa shape index (κ1) is 18.3. The van der Waals surface area contributed by atoms with E-state index in [0.29, 0.717) is 12.2 Å². The molecule has 0 radical (unpaired) electrons. The molecule has 0 N–H and O–H groups in total. The molecule has 0 saturated carbocycles. The van der Waals surface area contributed by atoms with Crippen LogP contribution in [0.1, 0.15) is 17.3 Å². The summed E-state index contributed by atoms with van der Waals surface area (Å²) in [5, 5.41) is 10.3. The van der Waals surface area contributed by atoms with Gasteiger partial charge in [-0.05, 0) is 31.2 Å². The van der Waals surface area contributed by atoms with Crippen LogP contribution in [0.5, 0.6) is 0 Å². The van der Waals surface area contributed by atoms with Crippen molar-refractivity contribution >= 4 is 28.3 Å². The summed E-state index contributed by atoms with van der Waals surface area (Å²) in [6.07, 6.45) is 3.33. The van der Waals surface area contributed by atoms with E-state index in [2.05, 4.69) is 30.0 Å². The molecule has 8 nitrogen and oxygen atoms in total. The van der Waals surface area contributed by atoms with Gasteiger partial charge >= 0.3 is 5.97 Å². The molecule has 3 aromatic heterocycles. The third-order valence-electron chi connectivity index (χ3n) is 4.43. The molecule has 0 bridgehead atoms. The molecule has 4 heterocycles. The Labute approximate surface area is 166 Å². The molecule has 0 spiro atoms. The van der Waals surface area contributed by atoms with E-state index in [0.717, 1.165) is 47.8 Å². The average molecular weight is 396 g/mol. The lowest BCUT2D eigenvalue weighted by molar-refractivity contribution is 0.0526. The molecule has 4 rings (SSSR count). The van der Waals surface area contributed by atoms with Gasteiger partial charge in [-0.25, -0.2) is 9.78 Å². The fourth-order valence-electron chi connectivity index (χ4n) is 2.97. The predicted molar refractivity (Wildman–Crippen MR) is 108 cm³/mol. The van der Waals surface area contributed by atoms with Gasteiger partial charge in [0.2, 0.25) is 5.13 Å². The van der Waals surface area contributed by atoms with Crippen molar-refractivity contribution in [2.45, 2.75) is 6.92 Å². The van der Waals surface area contributed by atoms with Gasteiger partial charge in [0.15, 0.2) is 5.01 Å². The highest BCUT2D eigenvalue weighted by molar-refractivity contribution is 7.18. The lowest BCUT2D eigenvalue weighted by Crippen LogP contribution is -2.46. The van der Waals surface area contributed by atoms with E-state index in [1.165, 1.54) is 0 Å². The first-order valence-corrected chi connectivity index (χ1v) is 9.94. The smallest absolute Gasteiger partial charge is 0.339 e. The van der Waals surface area contributed by atoms with Crippen LogP contribution in [0.15, 0.2) is 42.7 Å². The zero-order valence-corrected chi connectivity index (χ0v) is 16.3. The number of aromatic nitrogens is 4. The van der Waals surface area contributed by atoms with Crippen molar-refractivity contribution in [3.63, 3.8) is 0 Å². The highest BCUT2D eigenvalue weighted by atomic mass is 32.1. The number of hydrogen-bond acceptors (Lipinski definition) is 9. The standard InChI is InChI=1S/C19H20N6O2S/c1-2-27-18(26)14-6-7-16(21-13-14)24-9-11-25(12-10-24)19-23-22-17(28-19)15-5-3-4-8-20-15/h3-8,13H,2,9-12H2,1H3. The second kappa shape index (κ2) is 8.30. The first-order chi connectivity index (χ1) is 13.7. The summed E-state index contributed by atoms with van der Waals surface area (Å²) in [6.45, 7) is 5.46. The van der Waals surface area contributed by atoms with Crippen LogP contribution in [0.3, 0.4) is 0 Å². The third-order valence-corrected chi connectivity index (χ3v) is 5.44. The van der Waals surface area contributed by atoms with Gasteiger partial charge in [0, 0.05) is 38.6 Å². The van der Waals surface area contributed by atoms with Crippen molar-refractivity contribution in [1.29, 1.82) is 0 Å². The normalized spacial score (nSPS) is 14.2. The molecule has 144 valence electrons. The number of piperazine rings is 1. The van der Waals surface area contributed by atoms with Gasteiger partial charge in [0.25, 0.3) is 0 Å². The van der Waals surface area contributed by atoms with Gasteiger partial charge in [-0.1, -0.05) is 17.4 Å². The van der Waals surface area contributed by atoms with Crippen LogP contribution in [0.2, 0.25) is 0 Å². The van der Waals surface area contributed by atoms with Gasteiger partial charge in [-0.2, -0.15) is 0 Å². The van der Waals surface area contributed by atoms with E-state index >= 15 is 0 Å². The number of rotatable bonds is 5. The molecule has 1 saturated heterocycles. The van der Waals surface area contributed by atoms with Crippen LogP contribution < -0.4 is 9.80 Å². The molecule has 1 aliphatic heterocycles. The highest BCUT2D eigenvalue weighted by Crippen LogP contribution is 2.28.